The minimum absolute atomic E-state index is 0.278. The molecule has 3 aliphatic rings. The van der Waals surface area contributed by atoms with E-state index in [9.17, 15) is 4.79 Å². The van der Waals surface area contributed by atoms with Crippen LogP contribution < -0.4 is 5.32 Å². The number of aryl methyl sites for hydroxylation is 1. The Labute approximate surface area is 174 Å². The van der Waals surface area contributed by atoms with Gasteiger partial charge in [0.25, 0.3) is 0 Å². The molecule has 3 atom stereocenters. The molecule has 2 aromatic rings. The smallest absolute Gasteiger partial charge is 0.220 e. The van der Waals surface area contributed by atoms with Crippen LogP contribution in [0.3, 0.4) is 0 Å². The van der Waals surface area contributed by atoms with E-state index in [4.69, 9.17) is 0 Å². The molecule has 1 aromatic heterocycles. The van der Waals surface area contributed by atoms with Gasteiger partial charge in [0.2, 0.25) is 5.91 Å². The Morgan fingerprint density at radius 1 is 1.21 bits per heavy atom. The average Bonchev–Trinajstić information content (AvgIpc) is 3.09. The molecule has 4 nitrogen and oxygen atoms in total. The molecular weight excluding hydrogens is 358 g/mol. The van der Waals surface area contributed by atoms with Crippen LogP contribution in [0.2, 0.25) is 0 Å². The van der Waals surface area contributed by atoms with Crippen LogP contribution >= 0.6 is 0 Å². The third-order valence-corrected chi connectivity index (χ3v) is 7.79. The summed E-state index contributed by atoms with van der Waals surface area (Å²) < 4.78 is 2.40. The summed E-state index contributed by atoms with van der Waals surface area (Å²) in [5.41, 5.74) is 4.42. The molecule has 2 aliphatic carbocycles. The summed E-state index contributed by atoms with van der Waals surface area (Å²) in [5.74, 6) is 1.28. The van der Waals surface area contributed by atoms with Gasteiger partial charge in [-0.25, -0.2) is 0 Å². The van der Waals surface area contributed by atoms with Gasteiger partial charge in [-0.05, 0) is 62.8 Å². The number of hydrogen-bond acceptors (Lipinski definition) is 2. The maximum absolute atomic E-state index is 12.7. The Morgan fingerprint density at radius 2 is 2.03 bits per heavy atom. The van der Waals surface area contributed by atoms with E-state index in [1.165, 1.54) is 54.1 Å². The number of hydrogen-bond donors (Lipinski definition) is 1. The van der Waals surface area contributed by atoms with Crippen LogP contribution in [0.5, 0.6) is 0 Å². The number of carbonyl (C=O) groups excluding carboxylic acids is 1. The molecule has 29 heavy (non-hydrogen) atoms. The fourth-order valence-corrected chi connectivity index (χ4v) is 6.44. The summed E-state index contributed by atoms with van der Waals surface area (Å²) in [6.45, 7) is 4.29. The first-order chi connectivity index (χ1) is 14.1. The summed E-state index contributed by atoms with van der Waals surface area (Å²) >= 11 is 0. The van der Waals surface area contributed by atoms with E-state index < -0.39 is 0 Å². The van der Waals surface area contributed by atoms with Crippen LogP contribution in [0.25, 0.3) is 10.9 Å². The number of likely N-dealkylation sites (tertiary alicyclic amines) is 1. The van der Waals surface area contributed by atoms with Crippen molar-refractivity contribution in [1.82, 2.24) is 14.8 Å². The van der Waals surface area contributed by atoms with Gasteiger partial charge in [-0.1, -0.05) is 31.4 Å². The number of fused-ring (bicyclic) bond motifs is 2. The monoisotopic (exact) mass is 393 g/mol. The number of rotatable bonds is 4. The van der Waals surface area contributed by atoms with E-state index >= 15 is 0 Å². The molecule has 4 heteroatoms. The number of likely N-dealkylation sites (N-methyl/N-ethyl adjacent to an activating group) is 1. The van der Waals surface area contributed by atoms with Crippen LogP contribution in [0.1, 0.15) is 68.9 Å². The van der Waals surface area contributed by atoms with Crippen molar-refractivity contribution in [2.24, 2.45) is 5.92 Å². The lowest BCUT2D eigenvalue weighted by Gasteiger charge is -2.45. The number of piperidine rings is 1. The van der Waals surface area contributed by atoms with Crippen LogP contribution in [0, 0.1) is 5.92 Å². The second-order valence-electron chi connectivity index (χ2n) is 9.71. The van der Waals surface area contributed by atoms with Crippen molar-refractivity contribution in [2.45, 2.75) is 82.8 Å². The van der Waals surface area contributed by atoms with Gasteiger partial charge in [0.15, 0.2) is 0 Å². The van der Waals surface area contributed by atoms with Gasteiger partial charge in [0.1, 0.15) is 0 Å². The highest BCUT2D eigenvalue weighted by atomic mass is 16.1. The molecule has 0 bridgehead atoms. The Kier molecular flexibility index (Phi) is 5.15. The standard InChI is InChI=1S/C25H35N3O/c1-3-28-16-18-14-23-21(20-10-7-11-22(28)25(18)20)12-17(15-27(23)2)13-24(29)26-19-8-5-4-6-9-19/h7,10-11,16-17,19,21,23H,3-6,8-9,12-15H2,1-2H3,(H,26,29)/t17-,21+,23+/m0/s1. The number of nitrogens with zero attached hydrogens (tertiary/aromatic N) is 2. The van der Waals surface area contributed by atoms with Crippen LogP contribution in [0.15, 0.2) is 24.4 Å². The summed E-state index contributed by atoms with van der Waals surface area (Å²) in [6.07, 6.45) is 11.5. The van der Waals surface area contributed by atoms with Gasteiger partial charge in [-0.3, -0.25) is 4.79 Å². The van der Waals surface area contributed by atoms with Crippen LogP contribution in [-0.4, -0.2) is 41.1 Å². The molecule has 0 spiro atoms. The van der Waals surface area contributed by atoms with E-state index in [-0.39, 0.29) is 5.91 Å². The van der Waals surface area contributed by atoms with Crippen LogP contribution in [-0.2, 0) is 17.8 Å². The van der Waals surface area contributed by atoms with Crippen molar-refractivity contribution in [1.29, 1.82) is 0 Å². The zero-order valence-electron chi connectivity index (χ0n) is 18.0. The second-order valence-corrected chi connectivity index (χ2v) is 9.71. The van der Waals surface area contributed by atoms with Gasteiger partial charge < -0.3 is 14.8 Å². The summed E-state index contributed by atoms with van der Waals surface area (Å²) in [6, 6.07) is 7.84. The molecule has 0 radical (unpaired) electrons. The summed E-state index contributed by atoms with van der Waals surface area (Å²) in [7, 11) is 2.27. The second kappa shape index (κ2) is 7.79. The van der Waals surface area contributed by atoms with Gasteiger partial charge in [0, 0.05) is 54.6 Å². The van der Waals surface area contributed by atoms with E-state index in [1.54, 1.807) is 0 Å². The molecule has 1 saturated carbocycles. The number of nitrogens with one attached hydrogen (secondary N) is 1. The minimum Gasteiger partial charge on any atom is -0.353 e. The molecule has 1 aliphatic heterocycles. The molecule has 1 N–H and O–H groups in total. The van der Waals surface area contributed by atoms with Gasteiger partial charge in [-0.15, -0.1) is 0 Å². The highest BCUT2D eigenvalue weighted by molar-refractivity contribution is 5.89. The third kappa shape index (κ3) is 3.50. The maximum Gasteiger partial charge on any atom is 0.220 e. The normalized spacial score (nSPS) is 27.7. The van der Waals surface area contributed by atoms with E-state index in [0.29, 0.717) is 30.3 Å². The van der Waals surface area contributed by atoms with E-state index in [1.807, 2.05) is 0 Å². The molecule has 2 fully saturated rings. The Balaban J connectivity index is 1.35. The Bertz CT molecular complexity index is 895. The van der Waals surface area contributed by atoms with Gasteiger partial charge in [0.05, 0.1) is 0 Å². The van der Waals surface area contributed by atoms with Gasteiger partial charge >= 0.3 is 0 Å². The van der Waals surface area contributed by atoms with Crippen LogP contribution in [0.4, 0.5) is 0 Å². The lowest BCUT2D eigenvalue weighted by molar-refractivity contribution is -0.123. The lowest BCUT2D eigenvalue weighted by atomic mass is 9.72. The molecule has 0 unspecified atom stereocenters. The minimum atomic E-state index is 0.278. The quantitative estimate of drug-likeness (QED) is 0.833. The number of benzene rings is 1. The fraction of sp³-hybridized carbons (Fsp3) is 0.640. The van der Waals surface area contributed by atoms with Crippen molar-refractivity contribution in [3.63, 3.8) is 0 Å². The molecule has 1 aromatic carbocycles. The van der Waals surface area contributed by atoms with Crippen molar-refractivity contribution < 1.29 is 4.79 Å². The van der Waals surface area contributed by atoms with Gasteiger partial charge in [-0.2, -0.15) is 0 Å². The lowest BCUT2D eigenvalue weighted by Crippen LogP contribution is -2.49. The van der Waals surface area contributed by atoms with Crippen molar-refractivity contribution in [2.75, 3.05) is 13.6 Å². The zero-order chi connectivity index (χ0) is 20.0. The highest BCUT2D eigenvalue weighted by Crippen LogP contribution is 2.45. The zero-order valence-corrected chi connectivity index (χ0v) is 18.0. The van der Waals surface area contributed by atoms with E-state index in [2.05, 4.69) is 53.2 Å². The molecule has 156 valence electrons. The van der Waals surface area contributed by atoms with Crippen molar-refractivity contribution >= 4 is 16.8 Å². The number of aromatic nitrogens is 1. The topological polar surface area (TPSA) is 37.3 Å². The third-order valence-electron chi connectivity index (χ3n) is 7.79. The predicted molar refractivity (Wildman–Crippen MR) is 118 cm³/mol. The summed E-state index contributed by atoms with van der Waals surface area (Å²) in [4.78, 5) is 15.3. The largest absolute Gasteiger partial charge is 0.353 e. The first-order valence-corrected chi connectivity index (χ1v) is 11.7. The summed E-state index contributed by atoms with van der Waals surface area (Å²) in [5, 5.41) is 4.84. The number of amides is 1. The average molecular weight is 394 g/mol. The molecule has 1 saturated heterocycles. The molecule has 5 rings (SSSR count). The highest BCUT2D eigenvalue weighted by Gasteiger charge is 2.40. The first kappa shape index (κ1) is 19.2. The molecular formula is C25H35N3O. The first-order valence-electron chi connectivity index (χ1n) is 11.7. The maximum atomic E-state index is 12.7. The van der Waals surface area contributed by atoms with Crippen molar-refractivity contribution in [3.05, 3.63) is 35.5 Å². The Hall–Kier alpha value is -1.81. The van der Waals surface area contributed by atoms with Crippen molar-refractivity contribution in [3.8, 4) is 0 Å². The SMILES string of the molecule is CCn1cc2c3c(cccc31)[C@H]1C[C@@H](CC(=O)NC3CCCCC3)CN(C)[C@@H]1C2. The Morgan fingerprint density at radius 3 is 2.83 bits per heavy atom. The molecule has 2 heterocycles. The molecule has 1 amide bonds. The predicted octanol–water partition coefficient (Wildman–Crippen LogP) is 4.46. The van der Waals surface area contributed by atoms with E-state index in [0.717, 1.165) is 25.9 Å². The number of carbonyl (C=O) groups is 1. The fourth-order valence-electron chi connectivity index (χ4n) is 6.44.